The normalized spacial score (nSPS) is 25.8. The van der Waals surface area contributed by atoms with Gasteiger partial charge in [0.2, 0.25) is 5.82 Å². The van der Waals surface area contributed by atoms with E-state index in [1.165, 1.54) is 23.5 Å². The van der Waals surface area contributed by atoms with E-state index in [-0.39, 0.29) is 36.1 Å². The van der Waals surface area contributed by atoms with Gasteiger partial charge in [-0.05, 0) is 37.1 Å². The molecule has 3 aromatic rings. The van der Waals surface area contributed by atoms with Crippen molar-refractivity contribution in [3.8, 4) is 11.4 Å². The Morgan fingerprint density at radius 3 is 2.82 bits per heavy atom. The standard InChI is InChI=1S/C21H21FN6O4S/c22-11-3-1-10(2-4-11)18-25-21(32-27-18)28-13-7-15-17(16(28)9-31-8-13)33-20(24-15)26-19(30)23-12-5-14(29)6-12/h1-4,12-14,16,29H,5-9H2,(H2,23,24,26,30)/t12-,13-,14+,16-/m0/s1. The van der Waals surface area contributed by atoms with Crippen molar-refractivity contribution < 1.29 is 23.6 Å². The van der Waals surface area contributed by atoms with Gasteiger partial charge in [0.25, 0.3) is 0 Å². The number of hydrogen-bond acceptors (Lipinski definition) is 9. The second kappa shape index (κ2) is 8.04. The van der Waals surface area contributed by atoms with Gasteiger partial charge in [0.15, 0.2) is 5.13 Å². The van der Waals surface area contributed by atoms with E-state index in [0.29, 0.717) is 55.0 Å². The lowest BCUT2D eigenvalue weighted by Crippen LogP contribution is -2.51. The van der Waals surface area contributed by atoms with Gasteiger partial charge in [0.1, 0.15) is 5.82 Å². The minimum Gasteiger partial charge on any atom is -0.393 e. The first kappa shape index (κ1) is 20.5. The molecule has 0 unspecified atom stereocenters. The molecule has 3 N–H and O–H groups in total. The summed E-state index contributed by atoms with van der Waals surface area (Å²) in [5, 5.41) is 19.6. The van der Waals surface area contributed by atoms with E-state index < -0.39 is 0 Å². The number of morpholine rings is 1. The van der Waals surface area contributed by atoms with E-state index in [1.54, 1.807) is 12.1 Å². The van der Waals surface area contributed by atoms with E-state index in [2.05, 4.69) is 30.7 Å². The number of carbonyl (C=O) groups excluding carboxylic acids is 1. The number of fused-ring (bicyclic) bond motifs is 4. The summed E-state index contributed by atoms with van der Waals surface area (Å²) in [4.78, 5) is 24.5. The van der Waals surface area contributed by atoms with Crippen molar-refractivity contribution in [3.63, 3.8) is 0 Å². The lowest BCUT2D eigenvalue weighted by Gasteiger charge is -2.43. The third kappa shape index (κ3) is 3.83. The fourth-order valence-corrected chi connectivity index (χ4v) is 5.56. The van der Waals surface area contributed by atoms with Crippen molar-refractivity contribution in [2.45, 2.75) is 43.5 Å². The third-order valence-electron chi connectivity index (χ3n) is 6.18. The van der Waals surface area contributed by atoms with Gasteiger partial charge in [-0.15, -0.1) is 0 Å². The SMILES string of the molecule is O=C(Nc1nc2c(s1)[C@@H]1COC[C@H](C2)N1c1nc(-c2ccc(F)cc2)no1)N[C@H]1C[C@@H](O)C1. The van der Waals surface area contributed by atoms with Crippen LogP contribution < -0.4 is 15.5 Å². The van der Waals surface area contributed by atoms with Gasteiger partial charge in [-0.1, -0.05) is 16.5 Å². The van der Waals surface area contributed by atoms with Crippen LogP contribution in [-0.2, 0) is 11.2 Å². The number of aromatic nitrogens is 3. The zero-order valence-electron chi connectivity index (χ0n) is 17.4. The number of urea groups is 1. The number of amides is 2. The van der Waals surface area contributed by atoms with Gasteiger partial charge in [-0.3, -0.25) is 5.32 Å². The Morgan fingerprint density at radius 1 is 1.21 bits per heavy atom. The maximum absolute atomic E-state index is 13.2. The molecule has 1 aromatic carbocycles. The number of ether oxygens (including phenoxy) is 1. The lowest BCUT2D eigenvalue weighted by atomic mass is 9.90. The number of anilines is 2. The summed E-state index contributed by atoms with van der Waals surface area (Å²) in [6.07, 6.45) is 1.43. The summed E-state index contributed by atoms with van der Waals surface area (Å²) in [6, 6.07) is 5.79. The topological polar surface area (TPSA) is 126 Å². The molecule has 6 rings (SSSR count). The maximum atomic E-state index is 13.2. The van der Waals surface area contributed by atoms with Crippen LogP contribution in [0.15, 0.2) is 28.8 Å². The number of nitrogens with zero attached hydrogens (tertiary/aromatic N) is 4. The number of hydrogen-bond donors (Lipinski definition) is 3. The van der Waals surface area contributed by atoms with Crippen molar-refractivity contribution in [2.75, 3.05) is 23.4 Å². The summed E-state index contributed by atoms with van der Waals surface area (Å²) >= 11 is 1.40. The molecule has 12 heteroatoms. The molecule has 2 aromatic heterocycles. The van der Waals surface area contributed by atoms with Crippen molar-refractivity contribution >= 4 is 28.5 Å². The van der Waals surface area contributed by atoms with Crippen LogP contribution in [-0.4, -0.2) is 57.7 Å². The lowest BCUT2D eigenvalue weighted by molar-refractivity contribution is 0.0570. The minimum atomic E-state index is -0.332. The van der Waals surface area contributed by atoms with Gasteiger partial charge in [-0.25, -0.2) is 14.2 Å². The molecule has 2 aliphatic heterocycles. The summed E-state index contributed by atoms with van der Waals surface area (Å²) in [6.45, 7) is 0.931. The zero-order chi connectivity index (χ0) is 22.5. The van der Waals surface area contributed by atoms with Crippen LogP contribution in [0, 0.1) is 5.82 Å². The Labute approximate surface area is 191 Å². The molecule has 172 valence electrons. The molecule has 3 aliphatic rings. The van der Waals surface area contributed by atoms with Gasteiger partial charge in [0, 0.05) is 18.0 Å². The van der Waals surface area contributed by atoms with Crippen LogP contribution >= 0.6 is 11.3 Å². The maximum Gasteiger partial charge on any atom is 0.325 e. The second-order valence-corrected chi connectivity index (χ2v) is 9.51. The quantitative estimate of drug-likeness (QED) is 0.529. The van der Waals surface area contributed by atoms with Gasteiger partial charge in [-0.2, -0.15) is 4.98 Å². The van der Waals surface area contributed by atoms with Gasteiger partial charge >= 0.3 is 12.0 Å². The van der Waals surface area contributed by atoms with Gasteiger partial charge < -0.3 is 24.6 Å². The molecule has 4 heterocycles. The van der Waals surface area contributed by atoms with Crippen molar-refractivity contribution in [1.29, 1.82) is 0 Å². The number of rotatable bonds is 4. The molecule has 1 saturated carbocycles. The number of carbonyl (C=O) groups is 1. The monoisotopic (exact) mass is 472 g/mol. The average Bonchev–Trinajstić information content (AvgIpc) is 3.40. The zero-order valence-corrected chi connectivity index (χ0v) is 18.2. The molecular formula is C21H21FN6O4S. The molecule has 2 fully saturated rings. The third-order valence-corrected chi connectivity index (χ3v) is 7.30. The summed E-state index contributed by atoms with van der Waals surface area (Å²) < 4.78 is 24.6. The first-order valence-electron chi connectivity index (χ1n) is 10.7. The summed E-state index contributed by atoms with van der Waals surface area (Å²) in [5.74, 6) is 0.0607. The fourth-order valence-electron chi connectivity index (χ4n) is 4.49. The summed E-state index contributed by atoms with van der Waals surface area (Å²) in [7, 11) is 0. The van der Waals surface area contributed by atoms with Crippen LogP contribution in [0.4, 0.5) is 20.3 Å². The molecule has 2 amide bonds. The highest BCUT2D eigenvalue weighted by molar-refractivity contribution is 7.16. The van der Waals surface area contributed by atoms with E-state index in [0.717, 1.165) is 10.6 Å². The Hall–Kier alpha value is -3.09. The number of benzene rings is 1. The molecule has 33 heavy (non-hydrogen) atoms. The van der Waals surface area contributed by atoms with E-state index in [4.69, 9.17) is 9.26 Å². The first-order chi connectivity index (χ1) is 16.0. The van der Waals surface area contributed by atoms with Crippen LogP contribution in [0.1, 0.15) is 29.5 Å². The molecule has 1 aliphatic carbocycles. The number of halogens is 1. The number of nitrogens with one attached hydrogen (secondary N) is 2. The van der Waals surface area contributed by atoms with E-state index in [9.17, 15) is 14.3 Å². The minimum absolute atomic E-state index is 0.00878. The van der Waals surface area contributed by atoms with Crippen molar-refractivity contribution in [2.24, 2.45) is 0 Å². The number of aliphatic hydroxyl groups excluding tert-OH is 1. The highest BCUT2D eigenvalue weighted by Crippen LogP contribution is 2.43. The van der Waals surface area contributed by atoms with Crippen LogP contribution in [0.25, 0.3) is 11.4 Å². The fraction of sp³-hybridized carbons (Fsp3) is 0.429. The molecule has 0 radical (unpaired) electrons. The predicted octanol–water partition coefficient (Wildman–Crippen LogP) is 2.48. The number of thiazole rings is 1. The van der Waals surface area contributed by atoms with Crippen LogP contribution in [0.2, 0.25) is 0 Å². The largest absolute Gasteiger partial charge is 0.393 e. The first-order valence-corrected chi connectivity index (χ1v) is 11.6. The highest BCUT2D eigenvalue weighted by Gasteiger charge is 2.43. The summed E-state index contributed by atoms with van der Waals surface area (Å²) in [5.41, 5.74) is 1.60. The van der Waals surface area contributed by atoms with Crippen molar-refractivity contribution in [1.82, 2.24) is 20.4 Å². The predicted molar refractivity (Wildman–Crippen MR) is 117 cm³/mol. The smallest absolute Gasteiger partial charge is 0.325 e. The Bertz CT molecular complexity index is 1180. The average molecular weight is 473 g/mol. The molecule has 0 spiro atoms. The Kier molecular flexibility index (Phi) is 5.00. The van der Waals surface area contributed by atoms with Gasteiger partial charge in [0.05, 0.1) is 42.0 Å². The molecule has 1 saturated heterocycles. The van der Waals surface area contributed by atoms with Crippen LogP contribution in [0.5, 0.6) is 0 Å². The molecule has 2 bridgehead atoms. The van der Waals surface area contributed by atoms with Crippen LogP contribution in [0.3, 0.4) is 0 Å². The van der Waals surface area contributed by atoms with E-state index in [1.807, 2.05) is 0 Å². The Balaban J connectivity index is 1.22. The number of aliphatic hydroxyl groups is 1. The molecule has 10 nitrogen and oxygen atoms in total. The van der Waals surface area contributed by atoms with E-state index >= 15 is 0 Å². The second-order valence-electron chi connectivity index (χ2n) is 8.48. The van der Waals surface area contributed by atoms with Crippen molar-refractivity contribution in [3.05, 3.63) is 40.7 Å². The molecule has 2 atom stereocenters. The highest BCUT2D eigenvalue weighted by atomic mass is 32.1. The molecular weight excluding hydrogens is 451 g/mol. The Morgan fingerprint density at radius 2 is 2.03 bits per heavy atom.